The first-order chi connectivity index (χ1) is 18.7. The van der Waals surface area contributed by atoms with Gasteiger partial charge in [0.15, 0.2) is 0 Å². The maximum absolute atomic E-state index is 13.5. The Morgan fingerprint density at radius 3 is 2.41 bits per heavy atom. The predicted octanol–water partition coefficient (Wildman–Crippen LogP) is 4.85. The summed E-state index contributed by atoms with van der Waals surface area (Å²) in [6.45, 7) is 5.88. The standard InChI is InChI=1S/C29H27N5O5/c1-19(2)39-15-7-14-32-28(35)25(20(3)26(17-30)29(32)36)16-22-18-33(23-10-12-24(13-11-23)34(37)38)31-27(22)21-8-5-4-6-9-21/h4-6,8-13,16,18-19H,7,14-15H2,1-3H3/b25-16+. The van der Waals surface area contributed by atoms with Gasteiger partial charge in [0.1, 0.15) is 11.6 Å². The Labute approximate surface area is 225 Å². The van der Waals surface area contributed by atoms with Crippen LogP contribution in [-0.4, -0.2) is 50.7 Å². The smallest absolute Gasteiger partial charge is 0.271 e. The number of carbonyl (C=O) groups excluding carboxylic acids is 2. The summed E-state index contributed by atoms with van der Waals surface area (Å²) in [5.74, 6) is -1.12. The molecule has 39 heavy (non-hydrogen) atoms. The van der Waals surface area contributed by atoms with E-state index in [1.165, 1.54) is 12.1 Å². The summed E-state index contributed by atoms with van der Waals surface area (Å²) in [4.78, 5) is 38.2. The number of amides is 2. The largest absolute Gasteiger partial charge is 0.379 e. The summed E-state index contributed by atoms with van der Waals surface area (Å²) < 4.78 is 7.11. The van der Waals surface area contributed by atoms with Crippen LogP contribution in [0, 0.1) is 21.4 Å². The quantitative estimate of drug-likeness (QED) is 0.128. The van der Waals surface area contributed by atoms with Gasteiger partial charge in [0, 0.05) is 48.2 Å². The number of hydrogen-bond donors (Lipinski definition) is 0. The molecule has 1 aliphatic heterocycles. The molecule has 0 radical (unpaired) electrons. The molecule has 0 N–H and O–H groups in total. The van der Waals surface area contributed by atoms with Crippen molar-refractivity contribution in [1.82, 2.24) is 14.7 Å². The van der Waals surface area contributed by atoms with Gasteiger partial charge in [0.05, 0.1) is 22.4 Å². The van der Waals surface area contributed by atoms with Crippen molar-refractivity contribution in [3.63, 3.8) is 0 Å². The number of aromatic nitrogens is 2. The van der Waals surface area contributed by atoms with Crippen LogP contribution in [0.3, 0.4) is 0 Å². The van der Waals surface area contributed by atoms with Crippen molar-refractivity contribution in [2.24, 2.45) is 0 Å². The van der Waals surface area contributed by atoms with Gasteiger partial charge in [-0.2, -0.15) is 10.4 Å². The first-order valence-electron chi connectivity index (χ1n) is 12.4. The highest BCUT2D eigenvalue weighted by Gasteiger charge is 2.35. The Morgan fingerprint density at radius 2 is 1.79 bits per heavy atom. The minimum Gasteiger partial charge on any atom is -0.379 e. The lowest BCUT2D eigenvalue weighted by atomic mass is 9.93. The monoisotopic (exact) mass is 525 g/mol. The van der Waals surface area contributed by atoms with Gasteiger partial charge in [0.2, 0.25) is 0 Å². The van der Waals surface area contributed by atoms with Crippen molar-refractivity contribution in [3.8, 4) is 23.0 Å². The van der Waals surface area contributed by atoms with E-state index in [-0.39, 0.29) is 29.5 Å². The SMILES string of the molecule is CC1=C(C#N)C(=O)N(CCCOC(C)C)C(=O)/C1=C/c1cn(-c2ccc([N+](=O)[O-])cc2)nc1-c1ccccc1. The summed E-state index contributed by atoms with van der Waals surface area (Å²) in [5.41, 5.74) is 2.90. The van der Waals surface area contributed by atoms with E-state index in [9.17, 15) is 25.0 Å². The topological polar surface area (TPSA) is 131 Å². The molecule has 198 valence electrons. The number of rotatable bonds is 9. The molecular weight excluding hydrogens is 498 g/mol. The maximum Gasteiger partial charge on any atom is 0.271 e. The zero-order chi connectivity index (χ0) is 28.1. The average Bonchev–Trinajstić information content (AvgIpc) is 3.35. The molecular formula is C29H27N5O5. The lowest BCUT2D eigenvalue weighted by molar-refractivity contribution is -0.384. The van der Waals surface area contributed by atoms with E-state index < -0.39 is 16.7 Å². The van der Waals surface area contributed by atoms with E-state index in [1.807, 2.05) is 50.2 Å². The maximum atomic E-state index is 13.5. The van der Waals surface area contributed by atoms with Gasteiger partial charge in [-0.05, 0) is 51.0 Å². The Morgan fingerprint density at radius 1 is 1.10 bits per heavy atom. The fourth-order valence-electron chi connectivity index (χ4n) is 4.20. The van der Waals surface area contributed by atoms with Crippen molar-refractivity contribution in [3.05, 3.63) is 93.2 Å². The van der Waals surface area contributed by atoms with Crippen LogP contribution >= 0.6 is 0 Å². The Balaban J connectivity index is 1.78. The summed E-state index contributed by atoms with van der Waals surface area (Å²) in [6.07, 6.45) is 3.80. The summed E-state index contributed by atoms with van der Waals surface area (Å²) in [6, 6.07) is 17.3. The average molecular weight is 526 g/mol. The van der Waals surface area contributed by atoms with Gasteiger partial charge in [0.25, 0.3) is 17.5 Å². The minimum atomic E-state index is -0.619. The molecule has 0 saturated heterocycles. The van der Waals surface area contributed by atoms with Gasteiger partial charge < -0.3 is 4.74 Å². The molecule has 2 heterocycles. The lowest BCUT2D eigenvalue weighted by Gasteiger charge is -2.27. The fraction of sp³-hybridized carbons (Fsp3) is 0.241. The molecule has 0 atom stereocenters. The molecule has 0 fully saturated rings. The number of hydrogen-bond acceptors (Lipinski definition) is 7. The predicted molar refractivity (Wildman–Crippen MR) is 144 cm³/mol. The third kappa shape index (κ3) is 5.84. The molecule has 3 aromatic rings. The van der Waals surface area contributed by atoms with E-state index in [4.69, 9.17) is 9.84 Å². The second kappa shape index (κ2) is 11.7. The molecule has 2 amide bonds. The Hall–Kier alpha value is -4.88. The zero-order valence-electron chi connectivity index (χ0n) is 21.8. The molecule has 10 nitrogen and oxygen atoms in total. The molecule has 0 aliphatic carbocycles. The van der Waals surface area contributed by atoms with Gasteiger partial charge >= 0.3 is 0 Å². The second-order valence-corrected chi connectivity index (χ2v) is 9.22. The van der Waals surface area contributed by atoms with E-state index in [0.717, 1.165) is 10.5 Å². The van der Waals surface area contributed by atoms with Crippen LogP contribution in [0.15, 0.2) is 77.5 Å². The highest BCUT2D eigenvalue weighted by Crippen LogP contribution is 2.31. The normalized spacial score (nSPS) is 14.8. The third-order valence-electron chi connectivity index (χ3n) is 6.22. The summed E-state index contributed by atoms with van der Waals surface area (Å²) in [5, 5.41) is 25.5. The number of nitro benzene ring substituents is 1. The molecule has 1 aromatic heterocycles. The van der Waals surface area contributed by atoms with Crippen molar-refractivity contribution < 1.29 is 19.2 Å². The second-order valence-electron chi connectivity index (χ2n) is 9.22. The number of nitro groups is 1. The summed E-state index contributed by atoms with van der Waals surface area (Å²) >= 11 is 0. The number of ether oxygens (including phenoxy) is 1. The van der Waals surface area contributed by atoms with Gasteiger partial charge in [-0.15, -0.1) is 0 Å². The molecule has 2 aromatic carbocycles. The Kier molecular flexibility index (Phi) is 8.13. The van der Waals surface area contributed by atoms with E-state index >= 15 is 0 Å². The molecule has 1 aliphatic rings. The number of benzene rings is 2. The number of nitrogens with zero attached hydrogens (tertiary/aromatic N) is 5. The van der Waals surface area contributed by atoms with Crippen LogP contribution in [0.5, 0.6) is 0 Å². The first-order valence-corrected chi connectivity index (χ1v) is 12.4. The van der Waals surface area contributed by atoms with Gasteiger partial charge in [-0.1, -0.05) is 30.3 Å². The minimum absolute atomic E-state index is 0.0220. The van der Waals surface area contributed by atoms with Crippen LogP contribution in [0.1, 0.15) is 32.8 Å². The number of non-ortho nitro benzene ring substituents is 1. The van der Waals surface area contributed by atoms with Crippen LogP contribution in [0.2, 0.25) is 0 Å². The fourth-order valence-corrected chi connectivity index (χ4v) is 4.20. The van der Waals surface area contributed by atoms with Crippen LogP contribution in [0.4, 0.5) is 5.69 Å². The highest BCUT2D eigenvalue weighted by atomic mass is 16.6. The van der Waals surface area contributed by atoms with Crippen LogP contribution in [0.25, 0.3) is 23.0 Å². The molecule has 4 rings (SSSR count). The van der Waals surface area contributed by atoms with Crippen molar-refractivity contribution in [2.75, 3.05) is 13.2 Å². The lowest BCUT2D eigenvalue weighted by Crippen LogP contribution is -2.43. The number of carbonyl (C=O) groups is 2. The molecule has 10 heteroatoms. The van der Waals surface area contributed by atoms with Crippen molar-refractivity contribution in [1.29, 1.82) is 5.26 Å². The van der Waals surface area contributed by atoms with Gasteiger partial charge in [-0.3, -0.25) is 24.6 Å². The van der Waals surface area contributed by atoms with Crippen LogP contribution < -0.4 is 0 Å². The Bertz CT molecular complexity index is 1510. The third-order valence-corrected chi connectivity index (χ3v) is 6.22. The highest BCUT2D eigenvalue weighted by molar-refractivity contribution is 6.19. The molecule has 0 unspecified atom stereocenters. The molecule has 0 spiro atoms. The van der Waals surface area contributed by atoms with Gasteiger partial charge in [-0.25, -0.2) is 4.68 Å². The zero-order valence-corrected chi connectivity index (χ0v) is 21.8. The van der Waals surface area contributed by atoms with E-state index in [2.05, 4.69) is 0 Å². The summed E-state index contributed by atoms with van der Waals surface area (Å²) in [7, 11) is 0. The number of nitriles is 1. The molecule has 0 bridgehead atoms. The number of imide groups is 1. The molecule has 0 saturated carbocycles. The van der Waals surface area contributed by atoms with Crippen molar-refractivity contribution >= 4 is 23.6 Å². The van der Waals surface area contributed by atoms with E-state index in [0.29, 0.717) is 35.5 Å². The van der Waals surface area contributed by atoms with Crippen LogP contribution in [-0.2, 0) is 14.3 Å². The first kappa shape index (κ1) is 27.2. The van der Waals surface area contributed by atoms with Crippen molar-refractivity contribution in [2.45, 2.75) is 33.3 Å². The van der Waals surface area contributed by atoms with E-state index in [1.54, 1.807) is 36.0 Å².